The molecule has 1 aromatic heterocycles. The zero-order chi connectivity index (χ0) is 32.9. The molecule has 1 fully saturated rings. The molecule has 0 saturated carbocycles. The first-order chi connectivity index (χ1) is 22.9. The summed E-state index contributed by atoms with van der Waals surface area (Å²) >= 11 is 2.59. The number of anilines is 1. The number of nitrogens with zero attached hydrogens (tertiary/aromatic N) is 3. The molecule has 0 radical (unpaired) electrons. The number of hydrogen-bond donors (Lipinski definition) is 1. The van der Waals surface area contributed by atoms with Crippen LogP contribution in [0.25, 0.3) is 5.76 Å². The average molecular weight is 670 g/mol. The van der Waals surface area contributed by atoms with Crippen LogP contribution in [-0.4, -0.2) is 41.2 Å². The summed E-state index contributed by atoms with van der Waals surface area (Å²) in [7, 11) is 2.80. The molecule has 1 amide bonds. The second-order valence-electron chi connectivity index (χ2n) is 10.3. The summed E-state index contributed by atoms with van der Waals surface area (Å²) in [6.45, 7) is 0.284. The maximum Gasteiger partial charge on any atom is 0.301 e. The number of amides is 1. The highest BCUT2D eigenvalue weighted by atomic mass is 32.2. The number of Topliss-reactive ketones (excluding diaryl/α,β-unsaturated/α-hetero) is 1. The molecule has 4 aromatic carbocycles. The van der Waals surface area contributed by atoms with Crippen molar-refractivity contribution in [3.05, 3.63) is 131 Å². The molecule has 9 nitrogen and oxygen atoms in total. The van der Waals surface area contributed by atoms with Gasteiger partial charge >= 0.3 is 5.91 Å². The van der Waals surface area contributed by atoms with Gasteiger partial charge in [0, 0.05) is 11.3 Å². The van der Waals surface area contributed by atoms with E-state index < -0.39 is 29.3 Å². The normalized spacial score (nSPS) is 15.6. The predicted molar refractivity (Wildman–Crippen MR) is 177 cm³/mol. The molecular formula is C35H28FN3O6S2. The number of carbonyl (C=O) groups excluding carboxylic acids is 2. The van der Waals surface area contributed by atoms with E-state index in [2.05, 4.69) is 10.2 Å². The Morgan fingerprint density at radius 3 is 2.23 bits per heavy atom. The monoisotopic (exact) mass is 669 g/mol. The number of hydrogen-bond acceptors (Lipinski definition) is 10. The molecule has 0 aliphatic carbocycles. The Morgan fingerprint density at radius 1 is 0.872 bits per heavy atom. The number of ether oxygens (including phenoxy) is 3. The van der Waals surface area contributed by atoms with Crippen molar-refractivity contribution in [2.75, 3.05) is 19.1 Å². The van der Waals surface area contributed by atoms with Gasteiger partial charge in [-0.05, 0) is 47.0 Å². The number of halogens is 1. The number of thioether (sulfide) groups is 1. The van der Waals surface area contributed by atoms with Crippen molar-refractivity contribution in [2.24, 2.45) is 0 Å². The van der Waals surface area contributed by atoms with Gasteiger partial charge in [0.2, 0.25) is 5.13 Å². The summed E-state index contributed by atoms with van der Waals surface area (Å²) in [5.41, 5.74) is 2.22. The first-order valence-electron chi connectivity index (χ1n) is 14.4. The average Bonchev–Trinajstić information content (AvgIpc) is 3.68. The van der Waals surface area contributed by atoms with Crippen LogP contribution < -0.4 is 19.1 Å². The number of benzene rings is 4. The smallest absolute Gasteiger partial charge is 0.301 e. The third-order valence-corrected chi connectivity index (χ3v) is 9.54. The molecule has 1 unspecified atom stereocenters. The van der Waals surface area contributed by atoms with Crippen LogP contribution in [-0.2, 0) is 21.9 Å². The van der Waals surface area contributed by atoms with Gasteiger partial charge in [-0.3, -0.25) is 14.5 Å². The Morgan fingerprint density at radius 2 is 1.55 bits per heavy atom. The standard InChI is InChI=1S/C35H28FN3O6S2/c1-43-26-15-14-24(17-25(26)36)31(40)29-30(23-13-16-27(28(18-23)44-2)45-19-21-9-5-3-6-10-21)39(33(42)32(29)41)34-37-38-35(47-34)46-20-22-11-7-4-8-12-22/h3-18,30,40H,19-20H2,1-2H3/b31-29-. The molecule has 47 heavy (non-hydrogen) atoms. The number of methoxy groups -OCH3 is 2. The minimum atomic E-state index is -1.14. The van der Waals surface area contributed by atoms with Crippen LogP contribution in [0.3, 0.4) is 0 Å². The van der Waals surface area contributed by atoms with E-state index in [1.807, 2.05) is 60.7 Å². The van der Waals surface area contributed by atoms with Crippen molar-refractivity contribution < 1.29 is 33.3 Å². The summed E-state index contributed by atoms with van der Waals surface area (Å²) in [6, 6.07) is 27.1. The van der Waals surface area contributed by atoms with E-state index in [9.17, 15) is 19.1 Å². The second-order valence-corrected chi connectivity index (χ2v) is 12.5. The highest BCUT2D eigenvalue weighted by molar-refractivity contribution is 8.00. The van der Waals surface area contributed by atoms with Crippen LogP contribution in [0.15, 0.2) is 107 Å². The minimum Gasteiger partial charge on any atom is -0.507 e. The predicted octanol–water partition coefficient (Wildman–Crippen LogP) is 7.19. The molecule has 2 heterocycles. The quantitative estimate of drug-likeness (QED) is 0.0514. The van der Waals surface area contributed by atoms with Crippen molar-refractivity contribution in [1.82, 2.24) is 10.2 Å². The molecule has 1 aliphatic rings. The lowest BCUT2D eigenvalue weighted by Gasteiger charge is -2.23. The molecule has 238 valence electrons. The highest BCUT2D eigenvalue weighted by Gasteiger charge is 2.48. The number of aromatic nitrogens is 2. The van der Waals surface area contributed by atoms with E-state index in [0.29, 0.717) is 27.2 Å². The van der Waals surface area contributed by atoms with Crippen molar-refractivity contribution in [3.63, 3.8) is 0 Å². The first-order valence-corrected chi connectivity index (χ1v) is 16.2. The van der Waals surface area contributed by atoms with Crippen molar-refractivity contribution in [3.8, 4) is 17.2 Å². The lowest BCUT2D eigenvalue weighted by Crippen LogP contribution is -2.29. The first kappa shape index (κ1) is 31.8. The highest BCUT2D eigenvalue weighted by Crippen LogP contribution is 2.46. The van der Waals surface area contributed by atoms with Crippen LogP contribution in [0.2, 0.25) is 0 Å². The topological polar surface area (TPSA) is 111 Å². The van der Waals surface area contributed by atoms with E-state index in [0.717, 1.165) is 28.5 Å². The van der Waals surface area contributed by atoms with Crippen LogP contribution >= 0.6 is 23.1 Å². The molecule has 6 rings (SSSR count). The van der Waals surface area contributed by atoms with Crippen LogP contribution in [0.5, 0.6) is 17.2 Å². The molecule has 1 N–H and O–H groups in total. The maximum absolute atomic E-state index is 14.7. The third kappa shape index (κ3) is 6.69. The number of aliphatic hydroxyl groups is 1. The molecular weight excluding hydrogens is 642 g/mol. The summed E-state index contributed by atoms with van der Waals surface area (Å²) < 4.78 is 32.0. The van der Waals surface area contributed by atoms with Crippen LogP contribution in [0.4, 0.5) is 9.52 Å². The number of carbonyl (C=O) groups is 2. The van der Waals surface area contributed by atoms with Crippen molar-refractivity contribution >= 4 is 45.7 Å². The number of rotatable bonds is 11. The molecule has 0 bridgehead atoms. The molecule has 1 atom stereocenters. The lowest BCUT2D eigenvalue weighted by atomic mass is 9.95. The van der Waals surface area contributed by atoms with E-state index in [1.165, 1.54) is 43.0 Å². The zero-order valence-corrected chi connectivity index (χ0v) is 26.9. The maximum atomic E-state index is 14.7. The van der Waals surface area contributed by atoms with Gasteiger partial charge in [-0.2, -0.15) is 0 Å². The Bertz CT molecular complexity index is 1950. The Hall–Kier alpha value is -5.20. The van der Waals surface area contributed by atoms with Gasteiger partial charge < -0.3 is 19.3 Å². The summed E-state index contributed by atoms with van der Waals surface area (Å²) in [5, 5.41) is 20.2. The van der Waals surface area contributed by atoms with Gasteiger partial charge in [0.15, 0.2) is 27.4 Å². The fourth-order valence-corrected chi connectivity index (χ4v) is 6.92. The summed E-state index contributed by atoms with van der Waals surface area (Å²) in [4.78, 5) is 28.6. The molecule has 0 spiro atoms. The number of ketones is 1. The van der Waals surface area contributed by atoms with Gasteiger partial charge in [-0.1, -0.05) is 89.8 Å². The molecule has 5 aromatic rings. The summed E-state index contributed by atoms with van der Waals surface area (Å²) in [5.74, 6) is -1.80. The van der Waals surface area contributed by atoms with E-state index >= 15 is 0 Å². The third-order valence-electron chi connectivity index (χ3n) is 7.42. The van der Waals surface area contributed by atoms with Crippen molar-refractivity contribution in [2.45, 2.75) is 22.7 Å². The lowest BCUT2D eigenvalue weighted by molar-refractivity contribution is -0.132. The molecule has 1 aliphatic heterocycles. The molecule has 1 saturated heterocycles. The largest absolute Gasteiger partial charge is 0.507 e. The Kier molecular flexibility index (Phi) is 9.50. The van der Waals surface area contributed by atoms with E-state index in [-0.39, 0.29) is 28.6 Å². The van der Waals surface area contributed by atoms with E-state index in [1.54, 1.807) is 18.2 Å². The zero-order valence-electron chi connectivity index (χ0n) is 25.3. The van der Waals surface area contributed by atoms with Gasteiger partial charge in [0.1, 0.15) is 12.4 Å². The number of aliphatic hydroxyl groups excluding tert-OH is 1. The van der Waals surface area contributed by atoms with Gasteiger partial charge in [0.05, 0.1) is 25.8 Å². The second kappa shape index (κ2) is 14.1. The van der Waals surface area contributed by atoms with Gasteiger partial charge in [-0.25, -0.2) is 4.39 Å². The van der Waals surface area contributed by atoms with Gasteiger partial charge in [-0.15, -0.1) is 10.2 Å². The fraction of sp³-hybridized carbons (Fsp3) is 0.143. The minimum absolute atomic E-state index is 0.00236. The molecule has 12 heteroatoms. The summed E-state index contributed by atoms with van der Waals surface area (Å²) in [6.07, 6.45) is 0. The van der Waals surface area contributed by atoms with Crippen LogP contribution in [0, 0.1) is 5.82 Å². The van der Waals surface area contributed by atoms with E-state index in [4.69, 9.17) is 14.2 Å². The van der Waals surface area contributed by atoms with Crippen LogP contribution in [0.1, 0.15) is 28.3 Å². The SMILES string of the molecule is COc1ccc(/C(O)=C2/C(=O)C(=O)N(c3nnc(SCc4ccccc4)s3)C2c2ccc(OCc3ccccc3)c(OC)c2)cc1F. The Balaban J connectivity index is 1.40. The Labute approximate surface area is 278 Å². The fourth-order valence-electron chi connectivity index (χ4n) is 5.10. The van der Waals surface area contributed by atoms with Gasteiger partial charge in [0.25, 0.3) is 5.78 Å². The van der Waals surface area contributed by atoms with Crippen molar-refractivity contribution in [1.29, 1.82) is 0 Å².